The summed E-state index contributed by atoms with van der Waals surface area (Å²) in [4.78, 5) is 29.6. The maximum Gasteiger partial charge on any atom is 0.237 e. The maximum absolute atomic E-state index is 11.1. The molecule has 0 spiro atoms. The van der Waals surface area contributed by atoms with E-state index in [0.717, 1.165) is 24.0 Å². The molecule has 4 aromatic rings. The number of nitrogens with two attached hydrogens (primary N) is 1. The van der Waals surface area contributed by atoms with E-state index in [1.807, 2.05) is 43.4 Å². The fourth-order valence-corrected chi connectivity index (χ4v) is 5.91. The van der Waals surface area contributed by atoms with Gasteiger partial charge in [0.25, 0.3) is 0 Å². The highest BCUT2D eigenvalue weighted by atomic mass is 35.5. The number of carbonyl (C=O) groups is 1. The van der Waals surface area contributed by atoms with Crippen molar-refractivity contribution in [1.82, 2.24) is 30.6 Å². The number of nitrogens with one attached hydrogen (secondary N) is 2. The zero-order chi connectivity index (χ0) is 30.5. The van der Waals surface area contributed by atoms with E-state index in [2.05, 4.69) is 25.6 Å². The topological polar surface area (TPSA) is 137 Å². The molecular formula is C31H33Cl2N7O3. The van der Waals surface area contributed by atoms with E-state index >= 15 is 0 Å². The Morgan fingerprint density at radius 3 is 1.81 bits per heavy atom. The van der Waals surface area contributed by atoms with Crippen molar-refractivity contribution in [2.24, 2.45) is 11.7 Å². The van der Waals surface area contributed by atoms with Crippen molar-refractivity contribution in [2.75, 3.05) is 21.3 Å². The average Bonchev–Trinajstić information content (AvgIpc) is 2.99. The molecule has 12 heteroatoms. The molecule has 0 atom stereocenters. The highest BCUT2D eigenvalue weighted by Gasteiger charge is 2.30. The molecule has 0 saturated heterocycles. The van der Waals surface area contributed by atoms with Gasteiger partial charge in [0.1, 0.15) is 11.4 Å². The smallest absolute Gasteiger partial charge is 0.237 e. The number of nitrogens with zero attached hydrogens (tertiary/aromatic N) is 4. The number of methoxy groups -OCH3 is 2. The number of aromatic nitrogens is 4. The van der Waals surface area contributed by atoms with E-state index in [-0.39, 0.29) is 5.91 Å². The van der Waals surface area contributed by atoms with Crippen LogP contribution < -0.4 is 25.8 Å². The van der Waals surface area contributed by atoms with Crippen molar-refractivity contribution in [3.8, 4) is 45.4 Å². The van der Waals surface area contributed by atoms with Crippen molar-refractivity contribution in [1.29, 1.82) is 0 Å². The molecule has 0 radical (unpaired) electrons. The van der Waals surface area contributed by atoms with E-state index in [4.69, 9.17) is 43.4 Å². The van der Waals surface area contributed by atoms with E-state index in [9.17, 15) is 4.79 Å². The quantitative estimate of drug-likeness (QED) is 0.198. The first-order valence-corrected chi connectivity index (χ1v) is 14.6. The number of amides is 1. The first-order chi connectivity index (χ1) is 20.8. The van der Waals surface area contributed by atoms with Gasteiger partial charge in [-0.1, -0.05) is 59.6 Å². The SMILES string of the molecule is CNCc1ncc(-c2cccc(-c3cccc(-c4cnc(CNC5CC(CC(N)=O)C5)c(OC)n4)c3Cl)c2Cl)nc1OC. The number of hydrogen-bond acceptors (Lipinski definition) is 9. The zero-order valence-corrected chi connectivity index (χ0v) is 25.7. The molecule has 2 aromatic carbocycles. The molecule has 0 unspecified atom stereocenters. The van der Waals surface area contributed by atoms with E-state index < -0.39 is 0 Å². The molecule has 10 nitrogen and oxygen atoms in total. The Kier molecular flexibility index (Phi) is 9.72. The monoisotopic (exact) mass is 621 g/mol. The molecule has 1 fully saturated rings. The number of rotatable bonds is 12. The van der Waals surface area contributed by atoms with Gasteiger partial charge >= 0.3 is 0 Å². The Labute approximate surface area is 260 Å². The largest absolute Gasteiger partial charge is 0.480 e. The van der Waals surface area contributed by atoms with Crippen LogP contribution in [0.1, 0.15) is 30.7 Å². The molecular weight excluding hydrogens is 589 g/mol. The first-order valence-electron chi connectivity index (χ1n) is 13.9. The summed E-state index contributed by atoms with van der Waals surface area (Å²) in [6, 6.07) is 11.7. The van der Waals surface area contributed by atoms with Crippen LogP contribution in [0.5, 0.6) is 11.8 Å². The standard InChI is InChI=1S/C31H33Cl2N7O3/c1-35-13-25-30(42-2)39-23(14-37-25)21-8-4-6-19(28(21)32)20-7-5-9-22(29(20)33)24-15-38-26(31(40-24)43-3)16-36-18-10-17(11-18)12-27(34)41/h4-9,14-15,17-18,35-36H,10-13,16H2,1-3H3,(H2,34,41). The number of ether oxygens (including phenoxy) is 2. The van der Waals surface area contributed by atoms with Gasteiger partial charge in [0.2, 0.25) is 17.7 Å². The molecule has 5 rings (SSSR count). The van der Waals surface area contributed by atoms with Gasteiger partial charge in [-0.3, -0.25) is 14.8 Å². The van der Waals surface area contributed by atoms with Gasteiger partial charge < -0.3 is 25.8 Å². The lowest BCUT2D eigenvalue weighted by atomic mass is 9.78. The molecule has 224 valence electrons. The predicted octanol–water partition coefficient (Wildman–Crippen LogP) is 5.05. The lowest BCUT2D eigenvalue weighted by molar-refractivity contribution is -0.119. The summed E-state index contributed by atoms with van der Waals surface area (Å²) in [6.07, 6.45) is 5.61. The lowest BCUT2D eigenvalue weighted by Crippen LogP contribution is -2.42. The van der Waals surface area contributed by atoms with Crippen molar-refractivity contribution >= 4 is 29.1 Å². The van der Waals surface area contributed by atoms with E-state index in [1.54, 1.807) is 26.6 Å². The van der Waals surface area contributed by atoms with Crippen LogP contribution >= 0.6 is 23.2 Å². The predicted molar refractivity (Wildman–Crippen MR) is 167 cm³/mol. The first kappa shape index (κ1) is 30.6. The van der Waals surface area contributed by atoms with Crippen molar-refractivity contribution < 1.29 is 14.3 Å². The van der Waals surface area contributed by atoms with Crippen molar-refractivity contribution in [2.45, 2.75) is 38.4 Å². The normalized spacial score (nSPS) is 16.0. The van der Waals surface area contributed by atoms with Crippen LogP contribution in [0, 0.1) is 5.92 Å². The fraction of sp³-hybridized carbons (Fsp3) is 0.323. The van der Waals surface area contributed by atoms with Gasteiger partial charge in [-0.15, -0.1) is 0 Å². The average molecular weight is 623 g/mol. The van der Waals surface area contributed by atoms with Crippen molar-refractivity contribution in [3.05, 3.63) is 70.2 Å². The third-order valence-electron chi connectivity index (χ3n) is 7.48. The number of benzene rings is 2. The minimum absolute atomic E-state index is 0.255. The highest BCUT2D eigenvalue weighted by Crippen LogP contribution is 2.42. The summed E-state index contributed by atoms with van der Waals surface area (Å²) < 4.78 is 11.0. The number of hydrogen-bond donors (Lipinski definition) is 3. The van der Waals surface area contributed by atoms with Crippen LogP contribution in [0.2, 0.25) is 10.0 Å². The summed E-state index contributed by atoms with van der Waals surface area (Å²) in [6.45, 7) is 1.02. The van der Waals surface area contributed by atoms with Crippen LogP contribution in [0.25, 0.3) is 33.6 Å². The molecule has 2 aromatic heterocycles. The van der Waals surface area contributed by atoms with Crippen LogP contribution in [0.15, 0.2) is 48.8 Å². The number of halogens is 2. The van der Waals surface area contributed by atoms with Gasteiger partial charge in [-0.2, -0.15) is 0 Å². The van der Waals surface area contributed by atoms with Gasteiger partial charge in [0.15, 0.2) is 0 Å². The highest BCUT2D eigenvalue weighted by molar-refractivity contribution is 6.39. The van der Waals surface area contributed by atoms with Crippen LogP contribution in [-0.2, 0) is 17.9 Å². The fourth-order valence-electron chi connectivity index (χ4n) is 5.26. The summed E-state index contributed by atoms with van der Waals surface area (Å²) in [5.41, 5.74) is 10.7. The van der Waals surface area contributed by atoms with Crippen LogP contribution in [0.3, 0.4) is 0 Å². The van der Waals surface area contributed by atoms with E-state index in [1.165, 1.54) is 0 Å². The minimum atomic E-state index is -0.255. The second kappa shape index (κ2) is 13.6. The third-order valence-corrected chi connectivity index (χ3v) is 8.29. The molecule has 4 N–H and O–H groups in total. The molecule has 1 aliphatic carbocycles. The Morgan fingerprint density at radius 2 is 1.35 bits per heavy atom. The summed E-state index contributed by atoms with van der Waals surface area (Å²) >= 11 is 14.0. The van der Waals surface area contributed by atoms with Gasteiger partial charge in [-0.05, 0) is 25.8 Å². The summed E-state index contributed by atoms with van der Waals surface area (Å²) in [5.74, 6) is 0.927. The van der Waals surface area contributed by atoms with Gasteiger partial charge in [0.05, 0.1) is 48.0 Å². The maximum atomic E-state index is 11.1. The lowest BCUT2D eigenvalue weighted by Gasteiger charge is -2.35. The Hall–Kier alpha value is -3.83. The Morgan fingerprint density at radius 1 is 0.860 bits per heavy atom. The zero-order valence-electron chi connectivity index (χ0n) is 24.2. The molecule has 1 amide bonds. The molecule has 2 heterocycles. The molecule has 1 saturated carbocycles. The second-order valence-electron chi connectivity index (χ2n) is 10.4. The number of primary amides is 1. The minimum Gasteiger partial charge on any atom is -0.480 e. The number of carbonyl (C=O) groups excluding carboxylic acids is 1. The Bertz CT molecular complexity index is 1630. The van der Waals surface area contributed by atoms with Gasteiger partial charge in [0, 0.05) is 47.8 Å². The van der Waals surface area contributed by atoms with Gasteiger partial charge in [-0.25, -0.2) is 9.97 Å². The van der Waals surface area contributed by atoms with Crippen LogP contribution in [0.4, 0.5) is 0 Å². The summed E-state index contributed by atoms with van der Waals surface area (Å²) in [5, 5.41) is 7.48. The second-order valence-corrected chi connectivity index (χ2v) is 11.1. The molecule has 0 aliphatic heterocycles. The third kappa shape index (κ3) is 6.73. The Balaban J connectivity index is 1.40. The molecule has 0 bridgehead atoms. The molecule has 43 heavy (non-hydrogen) atoms. The molecule has 1 aliphatic rings. The van der Waals surface area contributed by atoms with E-state index in [0.29, 0.717) is 87.2 Å². The summed E-state index contributed by atoms with van der Waals surface area (Å²) in [7, 11) is 4.96. The van der Waals surface area contributed by atoms with Crippen molar-refractivity contribution in [3.63, 3.8) is 0 Å². The van der Waals surface area contributed by atoms with Crippen LogP contribution in [-0.4, -0.2) is 53.2 Å².